The van der Waals surface area contributed by atoms with Crippen LogP contribution in [-0.4, -0.2) is 42.0 Å². The van der Waals surface area contributed by atoms with Gasteiger partial charge in [-0.2, -0.15) is 10.2 Å². The Morgan fingerprint density at radius 1 is 1.06 bits per heavy atom. The highest BCUT2D eigenvalue weighted by atomic mass is 32.1. The number of thiophene rings is 1. The second-order valence-corrected chi connectivity index (χ2v) is 8.83. The number of nitriles is 1. The highest BCUT2D eigenvalue weighted by molar-refractivity contribution is 7.10. The summed E-state index contributed by atoms with van der Waals surface area (Å²) in [6, 6.07) is 20.3. The molecule has 0 radical (unpaired) electrons. The average Bonchev–Trinajstić information content (AvgIpc) is 3.53. The Balaban J connectivity index is 1.24. The molecular weight excluding hydrogens is 432 g/mol. The molecule has 0 N–H and O–H groups in total. The third-order valence-corrected chi connectivity index (χ3v) is 6.64. The van der Waals surface area contributed by atoms with Crippen LogP contribution in [0.15, 0.2) is 64.4 Å². The zero-order chi connectivity index (χ0) is 22.6. The third kappa shape index (κ3) is 4.52. The molecule has 1 amide bonds. The van der Waals surface area contributed by atoms with Crippen LogP contribution in [0.1, 0.15) is 22.0 Å². The molecule has 1 aliphatic rings. The average molecular weight is 455 g/mol. The number of nitrogens with zero attached hydrogens (tertiary/aromatic N) is 4. The van der Waals surface area contributed by atoms with E-state index in [2.05, 4.69) is 29.3 Å². The molecule has 0 unspecified atom stereocenters. The van der Waals surface area contributed by atoms with Crippen LogP contribution in [0.25, 0.3) is 22.9 Å². The predicted octanol–water partition coefficient (Wildman–Crippen LogP) is 4.82. The second-order valence-electron chi connectivity index (χ2n) is 7.85. The quantitative estimate of drug-likeness (QED) is 0.432. The molecule has 6 nitrogen and oxygen atoms in total. The summed E-state index contributed by atoms with van der Waals surface area (Å²) in [5.41, 5.74) is 1.32. The minimum absolute atomic E-state index is 0.114. The van der Waals surface area contributed by atoms with Crippen molar-refractivity contribution in [3.63, 3.8) is 0 Å². The van der Waals surface area contributed by atoms with Gasteiger partial charge in [-0.05, 0) is 33.9 Å². The number of benzene rings is 2. The number of carbonyl (C=O) groups excluding carboxylic acids is 1. The normalized spacial score (nSPS) is 14.2. The van der Waals surface area contributed by atoms with E-state index in [4.69, 9.17) is 4.42 Å². The monoisotopic (exact) mass is 454 g/mol. The van der Waals surface area contributed by atoms with Crippen LogP contribution >= 0.6 is 11.3 Å². The number of rotatable bonds is 5. The van der Waals surface area contributed by atoms with E-state index < -0.39 is 0 Å². The van der Waals surface area contributed by atoms with E-state index in [1.54, 1.807) is 17.4 Å². The molecule has 0 aliphatic carbocycles. The largest absolute Gasteiger partial charge is 0.420 e. The third-order valence-electron chi connectivity index (χ3n) is 5.81. The van der Waals surface area contributed by atoms with Crippen molar-refractivity contribution in [2.75, 3.05) is 31.1 Å². The summed E-state index contributed by atoms with van der Waals surface area (Å²) in [5.74, 6) is 0.998. The molecule has 0 spiro atoms. The summed E-state index contributed by atoms with van der Waals surface area (Å²) in [6.07, 6.45) is 4.08. The van der Waals surface area contributed by atoms with Gasteiger partial charge in [0.05, 0.1) is 6.42 Å². The van der Waals surface area contributed by atoms with Crippen molar-refractivity contribution in [3.05, 3.63) is 82.0 Å². The Hall–Kier alpha value is -3.89. The Kier molecular flexibility index (Phi) is 5.92. The highest BCUT2D eigenvalue weighted by Gasteiger charge is 2.26. The molecule has 2 aromatic heterocycles. The van der Waals surface area contributed by atoms with Gasteiger partial charge in [0.15, 0.2) is 0 Å². The van der Waals surface area contributed by atoms with Gasteiger partial charge in [0.1, 0.15) is 6.07 Å². The Bertz CT molecular complexity index is 1340. The first-order valence-corrected chi connectivity index (χ1v) is 11.7. The first kappa shape index (κ1) is 21.0. The molecule has 4 aromatic rings. The lowest BCUT2D eigenvalue weighted by Gasteiger charge is -2.34. The molecule has 1 saturated heterocycles. The lowest BCUT2D eigenvalue weighted by molar-refractivity contribution is -0.130. The molecule has 3 heterocycles. The van der Waals surface area contributed by atoms with Gasteiger partial charge < -0.3 is 14.2 Å². The smallest absolute Gasteiger partial charge is 0.235 e. The van der Waals surface area contributed by atoms with E-state index in [9.17, 15) is 10.1 Å². The van der Waals surface area contributed by atoms with Gasteiger partial charge in [-0.3, -0.25) is 4.79 Å². The second kappa shape index (κ2) is 9.31. The molecule has 7 heteroatoms. The minimum atomic E-state index is 0.114. The van der Waals surface area contributed by atoms with Crippen molar-refractivity contribution in [2.24, 2.45) is 0 Å². The van der Waals surface area contributed by atoms with Crippen molar-refractivity contribution in [2.45, 2.75) is 6.42 Å². The first-order valence-electron chi connectivity index (χ1n) is 10.8. The number of carbonyl (C=O) groups is 1. The van der Waals surface area contributed by atoms with E-state index in [0.717, 1.165) is 21.2 Å². The summed E-state index contributed by atoms with van der Waals surface area (Å²) in [7, 11) is 0. The fourth-order valence-corrected chi connectivity index (χ4v) is 4.72. The maximum atomic E-state index is 13.0. The van der Waals surface area contributed by atoms with Gasteiger partial charge in [-0.25, -0.2) is 0 Å². The van der Waals surface area contributed by atoms with E-state index >= 15 is 0 Å². The topological polar surface area (TPSA) is 73.4 Å². The Morgan fingerprint density at radius 2 is 1.88 bits per heavy atom. The summed E-state index contributed by atoms with van der Waals surface area (Å²) in [4.78, 5) is 22.3. The summed E-state index contributed by atoms with van der Waals surface area (Å²) in [6.45, 7) is 2.35. The standard InChI is InChI=1S/C26H22N4O2S/c27-18-23-26(32-24(28-23)11-10-21-8-4-16-33-21)30-14-12-29(13-15-30)25(31)17-20-7-3-6-19-5-1-2-9-22(19)20/h1-11,16H,12-15,17H2/b11-10+. The summed E-state index contributed by atoms with van der Waals surface area (Å²) < 4.78 is 5.89. The number of aromatic nitrogens is 1. The zero-order valence-electron chi connectivity index (χ0n) is 18.0. The van der Waals surface area contributed by atoms with Crippen LogP contribution in [0.4, 0.5) is 5.88 Å². The van der Waals surface area contributed by atoms with Crippen molar-refractivity contribution in [3.8, 4) is 6.07 Å². The van der Waals surface area contributed by atoms with Gasteiger partial charge in [-0.1, -0.05) is 48.5 Å². The molecule has 0 saturated carbocycles. The predicted molar refractivity (Wildman–Crippen MR) is 131 cm³/mol. The van der Waals surface area contributed by atoms with E-state index in [-0.39, 0.29) is 11.6 Å². The number of amides is 1. The van der Waals surface area contributed by atoms with Gasteiger partial charge in [0, 0.05) is 37.1 Å². The van der Waals surface area contributed by atoms with E-state index in [1.165, 1.54) is 0 Å². The number of hydrogen-bond acceptors (Lipinski definition) is 6. The Morgan fingerprint density at radius 3 is 2.67 bits per heavy atom. The maximum absolute atomic E-state index is 13.0. The van der Waals surface area contributed by atoms with Crippen molar-refractivity contribution in [1.82, 2.24) is 9.88 Å². The van der Waals surface area contributed by atoms with Crippen molar-refractivity contribution >= 4 is 46.1 Å². The lowest BCUT2D eigenvalue weighted by Crippen LogP contribution is -2.49. The molecule has 164 valence electrons. The van der Waals surface area contributed by atoms with Crippen LogP contribution in [0.2, 0.25) is 0 Å². The zero-order valence-corrected chi connectivity index (χ0v) is 18.8. The molecule has 1 fully saturated rings. The van der Waals surface area contributed by atoms with Crippen LogP contribution in [0.3, 0.4) is 0 Å². The summed E-state index contributed by atoms with van der Waals surface area (Å²) in [5, 5.41) is 13.8. The number of hydrogen-bond donors (Lipinski definition) is 0. The fraction of sp³-hybridized carbons (Fsp3) is 0.192. The molecule has 1 aliphatic heterocycles. The van der Waals surface area contributed by atoms with E-state index in [0.29, 0.717) is 44.4 Å². The molecule has 33 heavy (non-hydrogen) atoms. The summed E-state index contributed by atoms with van der Waals surface area (Å²) >= 11 is 1.62. The number of piperazine rings is 1. The molecule has 0 bridgehead atoms. The molecule has 0 atom stereocenters. The van der Waals surface area contributed by atoms with E-state index in [1.807, 2.05) is 57.7 Å². The minimum Gasteiger partial charge on any atom is -0.420 e. The van der Waals surface area contributed by atoms with Crippen molar-refractivity contribution < 1.29 is 9.21 Å². The van der Waals surface area contributed by atoms with Gasteiger partial charge in [-0.15, -0.1) is 11.3 Å². The molecule has 5 rings (SSSR count). The number of fused-ring (bicyclic) bond motifs is 1. The molecular formula is C26H22N4O2S. The number of anilines is 1. The van der Waals surface area contributed by atoms with Crippen LogP contribution in [-0.2, 0) is 11.2 Å². The van der Waals surface area contributed by atoms with Crippen LogP contribution < -0.4 is 4.90 Å². The SMILES string of the molecule is N#Cc1nc(/C=C/c2cccs2)oc1N1CCN(C(=O)Cc2cccc3ccccc23)CC1. The maximum Gasteiger partial charge on any atom is 0.235 e. The van der Waals surface area contributed by atoms with Crippen LogP contribution in [0.5, 0.6) is 0 Å². The van der Waals surface area contributed by atoms with Gasteiger partial charge >= 0.3 is 0 Å². The first-order chi connectivity index (χ1) is 16.2. The molecule has 2 aromatic carbocycles. The van der Waals surface area contributed by atoms with Gasteiger partial charge in [0.25, 0.3) is 0 Å². The van der Waals surface area contributed by atoms with Crippen molar-refractivity contribution in [1.29, 1.82) is 5.26 Å². The van der Waals surface area contributed by atoms with Gasteiger partial charge in [0.2, 0.25) is 23.4 Å². The lowest BCUT2D eigenvalue weighted by atomic mass is 10.0. The van der Waals surface area contributed by atoms with Crippen LogP contribution in [0, 0.1) is 11.3 Å². The highest BCUT2D eigenvalue weighted by Crippen LogP contribution is 2.25. The Labute approximate surface area is 196 Å². The number of oxazole rings is 1. The fourth-order valence-electron chi connectivity index (χ4n) is 4.11.